The van der Waals surface area contributed by atoms with Crippen molar-refractivity contribution in [1.82, 2.24) is 0 Å². The molecule has 0 saturated carbocycles. The van der Waals surface area contributed by atoms with E-state index in [1.807, 2.05) is 0 Å². The van der Waals surface area contributed by atoms with Crippen molar-refractivity contribution in [2.75, 3.05) is 39.6 Å². The Bertz CT molecular complexity index is 1620. The van der Waals surface area contributed by atoms with Crippen molar-refractivity contribution < 1.29 is 80.2 Å². The van der Waals surface area contributed by atoms with E-state index in [2.05, 4.69) is 34.6 Å². The zero-order valence-corrected chi connectivity index (χ0v) is 55.1. The number of rotatable bonds is 64. The molecule has 0 amide bonds. The SMILES string of the molecule is CCCCCCCCCCCCCCCC(=O)OC[C@H](COP(=O)(O)OC[C@@H](O)COP(=O)(O)OC[C@@H](COC(=O)CCCCCCCCC)OC(=O)CCCCCCCCCCCC)OC(=O)CCCCCCCCCCCCC(C)C. The van der Waals surface area contributed by atoms with Crippen LogP contribution in [-0.2, 0) is 65.4 Å². The number of carbonyl (C=O) groups is 4. The summed E-state index contributed by atoms with van der Waals surface area (Å²) in [7, 11) is -9.88. The highest BCUT2D eigenvalue weighted by Gasteiger charge is 2.30. The summed E-state index contributed by atoms with van der Waals surface area (Å²) in [5.41, 5.74) is 0. The van der Waals surface area contributed by atoms with Gasteiger partial charge in [-0.15, -0.1) is 0 Å². The number of hydrogen-bond acceptors (Lipinski definition) is 15. The summed E-state index contributed by atoms with van der Waals surface area (Å²) in [5, 5.41) is 10.5. The number of aliphatic hydroxyl groups is 1. The average molecular weight is 1230 g/mol. The molecule has 17 nitrogen and oxygen atoms in total. The Morgan fingerprint density at radius 1 is 0.325 bits per heavy atom. The van der Waals surface area contributed by atoms with E-state index < -0.39 is 97.5 Å². The lowest BCUT2D eigenvalue weighted by Crippen LogP contribution is -2.30. The first-order valence-electron chi connectivity index (χ1n) is 33.6. The Hall–Kier alpha value is -1.94. The van der Waals surface area contributed by atoms with Gasteiger partial charge in [0.05, 0.1) is 26.4 Å². The maximum absolute atomic E-state index is 13.0. The third kappa shape index (κ3) is 58.8. The zero-order chi connectivity index (χ0) is 61.3. The Kier molecular flexibility index (Phi) is 56.4. The van der Waals surface area contributed by atoms with Gasteiger partial charge in [-0.2, -0.15) is 0 Å². The van der Waals surface area contributed by atoms with Crippen molar-refractivity contribution in [3.05, 3.63) is 0 Å². The van der Waals surface area contributed by atoms with Crippen LogP contribution in [0.5, 0.6) is 0 Å². The molecule has 0 bridgehead atoms. The van der Waals surface area contributed by atoms with Crippen LogP contribution in [0.1, 0.15) is 324 Å². The van der Waals surface area contributed by atoms with Crippen LogP contribution in [0.4, 0.5) is 0 Å². The lowest BCUT2D eigenvalue weighted by Gasteiger charge is -2.21. The standard InChI is InChI=1S/C64H124O17P2/c1-6-9-12-15-18-20-22-23-24-29-33-38-43-48-62(67)75-54-60(81-64(69)50-45-40-35-30-26-25-27-32-36-41-46-57(4)5)56-79-83(72,73)77-52-58(65)51-76-82(70,71)78-55-59(53-74-61(66)47-42-37-31-17-14-11-8-3)80-63(68)49-44-39-34-28-21-19-16-13-10-7-2/h57-60,65H,6-56H2,1-5H3,(H,70,71)(H,72,73)/t58-,59+,60+/m0/s1. The Balaban J connectivity index is 5.21. The summed E-state index contributed by atoms with van der Waals surface area (Å²) in [5.74, 6) is -1.38. The van der Waals surface area contributed by atoms with Crippen LogP contribution in [0.25, 0.3) is 0 Å². The number of carbonyl (C=O) groups excluding carboxylic acids is 4. The van der Waals surface area contributed by atoms with E-state index in [1.165, 1.54) is 135 Å². The normalized spacial score (nSPS) is 14.2. The maximum Gasteiger partial charge on any atom is 0.472 e. The molecule has 5 atom stereocenters. The minimum absolute atomic E-state index is 0.106. The summed E-state index contributed by atoms with van der Waals surface area (Å²) in [6.07, 6.45) is 41.7. The molecule has 0 spiro atoms. The number of hydrogen-bond donors (Lipinski definition) is 3. The monoisotopic (exact) mass is 1230 g/mol. The number of ether oxygens (including phenoxy) is 4. The third-order valence-electron chi connectivity index (χ3n) is 14.8. The van der Waals surface area contributed by atoms with Gasteiger partial charge >= 0.3 is 39.5 Å². The number of esters is 4. The fourth-order valence-corrected chi connectivity index (χ4v) is 11.2. The molecule has 0 rings (SSSR count). The maximum atomic E-state index is 13.0. The van der Waals surface area contributed by atoms with Crippen LogP contribution in [0.2, 0.25) is 0 Å². The van der Waals surface area contributed by atoms with Crippen LogP contribution in [0.15, 0.2) is 0 Å². The van der Waals surface area contributed by atoms with Gasteiger partial charge in [-0.1, -0.05) is 272 Å². The predicted octanol–water partition coefficient (Wildman–Crippen LogP) is 17.8. The van der Waals surface area contributed by atoms with Crippen LogP contribution >= 0.6 is 15.6 Å². The Morgan fingerprint density at radius 3 is 0.819 bits per heavy atom. The fraction of sp³-hybridized carbons (Fsp3) is 0.938. The second kappa shape index (κ2) is 57.8. The largest absolute Gasteiger partial charge is 0.472 e. The second-order valence-electron chi connectivity index (χ2n) is 23.6. The molecule has 83 heavy (non-hydrogen) atoms. The molecule has 492 valence electrons. The zero-order valence-electron chi connectivity index (χ0n) is 53.3. The first kappa shape index (κ1) is 81.1. The Morgan fingerprint density at radius 2 is 0.554 bits per heavy atom. The van der Waals surface area contributed by atoms with Gasteiger partial charge in [-0.3, -0.25) is 37.3 Å². The second-order valence-corrected chi connectivity index (χ2v) is 26.5. The number of unbranched alkanes of at least 4 members (excludes halogenated alkanes) is 36. The molecule has 0 aromatic carbocycles. The summed E-state index contributed by atoms with van der Waals surface area (Å²) in [6.45, 7) is 7.14. The van der Waals surface area contributed by atoms with Gasteiger partial charge < -0.3 is 33.8 Å². The average Bonchev–Trinajstić information content (AvgIpc) is 3.46. The Labute approximate surface area is 505 Å². The summed E-state index contributed by atoms with van der Waals surface area (Å²) in [6, 6.07) is 0. The van der Waals surface area contributed by atoms with Gasteiger partial charge in [-0.25, -0.2) is 9.13 Å². The minimum atomic E-state index is -4.94. The first-order valence-corrected chi connectivity index (χ1v) is 36.6. The highest BCUT2D eigenvalue weighted by molar-refractivity contribution is 7.47. The summed E-state index contributed by atoms with van der Waals surface area (Å²) >= 11 is 0. The highest BCUT2D eigenvalue weighted by atomic mass is 31.2. The van der Waals surface area contributed by atoms with Crippen molar-refractivity contribution in [1.29, 1.82) is 0 Å². The van der Waals surface area contributed by atoms with Crippen molar-refractivity contribution in [2.24, 2.45) is 5.92 Å². The molecule has 0 aliphatic carbocycles. The van der Waals surface area contributed by atoms with E-state index in [4.69, 9.17) is 37.0 Å². The minimum Gasteiger partial charge on any atom is -0.462 e. The molecule has 0 radical (unpaired) electrons. The molecule has 19 heteroatoms. The molecule has 2 unspecified atom stereocenters. The molecule has 0 aromatic heterocycles. The van der Waals surface area contributed by atoms with Crippen molar-refractivity contribution >= 4 is 39.5 Å². The van der Waals surface area contributed by atoms with Gasteiger partial charge in [-0.05, 0) is 31.6 Å². The van der Waals surface area contributed by atoms with Crippen LogP contribution in [0, 0.1) is 5.92 Å². The highest BCUT2D eigenvalue weighted by Crippen LogP contribution is 2.45. The smallest absolute Gasteiger partial charge is 0.462 e. The quantitative estimate of drug-likeness (QED) is 0.0222. The first-order chi connectivity index (χ1) is 40.0. The van der Waals surface area contributed by atoms with Crippen LogP contribution in [-0.4, -0.2) is 96.7 Å². The molecular formula is C64H124O17P2. The molecule has 0 fully saturated rings. The van der Waals surface area contributed by atoms with E-state index in [9.17, 15) is 43.2 Å². The van der Waals surface area contributed by atoms with Gasteiger partial charge in [0.25, 0.3) is 0 Å². The fourth-order valence-electron chi connectivity index (χ4n) is 9.58. The van der Waals surface area contributed by atoms with Gasteiger partial charge in [0, 0.05) is 25.7 Å². The van der Waals surface area contributed by atoms with Crippen molar-refractivity contribution in [3.8, 4) is 0 Å². The predicted molar refractivity (Wildman–Crippen MR) is 331 cm³/mol. The number of phosphoric ester groups is 2. The molecule has 0 aromatic rings. The molecule has 0 heterocycles. The lowest BCUT2D eigenvalue weighted by atomic mass is 10.0. The molecule has 0 aliphatic rings. The van der Waals surface area contributed by atoms with Gasteiger partial charge in [0.1, 0.15) is 19.3 Å². The molecular weight excluding hydrogens is 1100 g/mol. The van der Waals surface area contributed by atoms with E-state index in [0.29, 0.717) is 25.7 Å². The van der Waals surface area contributed by atoms with E-state index in [0.717, 1.165) is 109 Å². The van der Waals surface area contributed by atoms with Crippen LogP contribution in [0.3, 0.4) is 0 Å². The molecule has 0 saturated heterocycles. The number of phosphoric acid groups is 2. The molecule has 3 N–H and O–H groups in total. The molecule has 0 aliphatic heterocycles. The van der Waals surface area contributed by atoms with E-state index >= 15 is 0 Å². The van der Waals surface area contributed by atoms with Crippen molar-refractivity contribution in [2.45, 2.75) is 342 Å². The third-order valence-corrected chi connectivity index (χ3v) is 16.7. The van der Waals surface area contributed by atoms with E-state index in [1.54, 1.807) is 0 Å². The van der Waals surface area contributed by atoms with Gasteiger partial charge in [0.2, 0.25) is 0 Å². The van der Waals surface area contributed by atoms with Gasteiger partial charge in [0.15, 0.2) is 12.2 Å². The summed E-state index contributed by atoms with van der Waals surface area (Å²) < 4.78 is 67.9. The summed E-state index contributed by atoms with van der Waals surface area (Å²) in [4.78, 5) is 72.1. The number of aliphatic hydroxyl groups excluding tert-OH is 1. The lowest BCUT2D eigenvalue weighted by molar-refractivity contribution is -0.161. The topological polar surface area (TPSA) is 237 Å². The van der Waals surface area contributed by atoms with Crippen LogP contribution < -0.4 is 0 Å². The van der Waals surface area contributed by atoms with E-state index in [-0.39, 0.29) is 25.7 Å². The van der Waals surface area contributed by atoms with Crippen molar-refractivity contribution in [3.63, 3.8) is 0 Å².